The molecule has 92 valence electrons. The second kappa shape index (κ2) is 5.45. The van der Waals surface area contributed by atoms with Gasteiger partial charge in [-0.05, 0) is 29.7 Å². The van der Waals surface area contributed by atoms with Gasteiger partial charge in [-0.25, -0.2) is 4.39 Å². The van der Waals surface area contributed by atoms with E-state index in [1.807, 2.05) is 18.2 Å². The highest BCUT2D eigenvalue weighted by Crippen LogP contribution is 2.21. The lowest BCUT2D eigenvalue weighted by Crippen LogP contribution is -2.14. The monoisotopic (exact) mass is 244 g/mol. The SMILES string of the molecule is O=C(O)[C@@H](Cc1ccc(F)cc1)c1ccccc1. The third-order valence-corrected chi connectivity index (χ3v) is 2.85. The largest absolute Gasteiger partial charge is 0.481 e. The third-order valence-electron chi connectivity index (χ3n) is 2.85. The van der Waals surface area contributed by atoms with Gasteiger partial charge in [-0.3, -0.25) is 4.79 Å². The predicted molar refractivity (Wildman–Crippen MR) is 66.9 cm³/mol. The first-order valence-corrected chi connectivity index (χ1v) is 5.69. The molecule has 18 heavy (non-hydrogen) atoms. The minimum absolute atomic E-state index is 0.315. The summed E-state index contributed by atoms with van der Waals surface area (Å²) in [7, 11) is 0. The molecule has 2 aromatic carbocycles. The molecule has 3 heteroatoms. The molecule has 0 radical (unpaired) electrons. The summed E-state index contributed by atoms with van der Waals surface area (Å²) in [5.41, 5.74) is 1.57. The Balaban J connectivity index is 2.22. The number of rotatable bonds is 4. The molecule has 0 fully saturated rings. The van der Waals surface area contributed by atoms with Gasteiger partial charge in [-0.1, -0.05) is 42.5 Å². The maximum atomic E-state index is 12.8. The number of carboxylic acid groups (broad SMARTS) is 1. The van der Waals surface area contributed by atoms with E-state index in [9.17, 15) is 14.3 Å². The van der Waals surface area contributed by atoms with Crippen molar-refractivity contribution in [2.45, 2.75) is 12.3 Å². The van der Waals surface area contributed by atoms with Gasteiger partial charge in [0.05, 0.1) is 5.92 Å². The smallest absolute Gasteiger partial charge is 0.311 e. The lowest BCUT2D eigenvalue weighted by atomic mass is 9.92. The standard InChI is InChI=1S/C15H13FO2/c16-13-8-6-11(7-9-13)10-14(15(17)18)12-4-2-1-3-5-12/h1-9,14H,10H2,(H,17,18)/t14-/m0/s1. The number of hydrogen-bond acceptors (Lipinski definition) is 1. The molecule has 0 amide bonds. The Hall–Kier alpha value is -2.16. The number of hydrogen-bond donors (Lipinski definition) is 1. The van der Waals surface area contributed by atoms with Gasteiger partial charge in [0, 0.05) is 0 Å². The first kappa shape index (κ1) is 12.3. The van der Waals surface area contributed by atoms with Crippen LogP contribution in [0.5, 0.6) is 0 Å². The summed E-state index contributed by atoms with van der Waals surface area (Å²) in [5, 5.41) is 9.27. The van der Waals surface area contributed by atoms with Crippen LogP contribution in [-0.4, -0.2) is 11.1 Å². The summed E-state index contributed by atoms with van der Waals surface area (Å²) >= 11 is 0. The summed E-state index contributed by atoms with van der Waals surface area (Å²) in [6.07, 6.45) is 0.361. The van der Waals surface area contributed by atoms with Crippen molar-refractivity contribution in [2.24, 2.45) is 0 Å². The topological polar surface area (TPSA) is 37.3 Å². The molecule has 0 aliphatic heterocycles. The van der Waals surface area contributed by atoms with Crippen LogP contribution >= 0.6 is 0 Å². The van der Waals surface area contributed by atoms with E-state index in [-0.39, 0.29) is 5.82 Å². The number of aliphatic carboxylic acids is 1. The average Bonchev–Trinajstić information content (AvgIpc) is 2.38. The molecule has 1 atom stereocenters. The molecule has 0 saturated heterocycles. The Morgan fingerprint density at radius 3 is 2.22 bits per heavy atom. The molecule has 2 nitrogen and oxygen atoms in total. The molecule has 0 spiro atoms. The zero-order valence-corrected chi connectivity index (χ0v) is 9.71. The maximum Gasteiger partial charge on any atom is 0.311 e. The van der Waals surface area contributed by atoms with Crippen LogP contribution in [0.1, 0.15) is 17.0 Å². The lowest BCUT2D eigenvalue weighted by Gasteiger charge is -2.12. The van der Waals surface area contributed by atoms with E-state index in [4.69, 9.17) is 0 Å². The van der Waals surface area contributed by atoms with Crippen molar-refractivity contribution in [3.05, 3.63) is 71.5 Å². The van der Waals surface area contributed by atoms with Gasteiger partial charge in [0.25, 0.3) is 0 Å². The first-order valence-electron chi connectivity index (χ1n) is 5.69. The summed E-state index contributed by atoms with van der Waals surface area (Å²) in [6.45, 7) is 0. The van der Waals surface area contributed by atoms with E-state index in [1.165, 1.54) is 12.1 Å². The molecule has 0 saturated carbocycles. The van der Waals surface area contributed by atoms with E-state index in [0.717, 1.165) is 11.1 Å². The molecule has 0 aliphatic carbocycles. The van der Waals surface area contributed by atoms with Crippen molar-refractivity contribution >= 4 is 5.97 Å². The van der Waals surface area contributed by atoms with Gasteiger partial charge in [-0.2, -0.15) is 0 Å². The molecular weight excluding hydrogens is 231 g/mol. The van der Waals surface area contributed by atoms with Crippen LogP contribution in [0.25, 0.3) is 0 Å². The fourth-order valence-electron chi connectivity index (χ4n) is 1.89. The quantitative estimate of drug-likeness (QED) is 0.896. The number of carboxylic acids is 1. The second-order valence-electron chi connectivity index (χ2n) is 4.13. The van der Waals surface area contributed by atoms with Crippen molar-refractivity contribution in [1.82, 2.24) is 0 Å². The Labute approximate surface area is 105 Å². The van der Waals surface area contributed by atoms with Gasteiger partial charge in [0.2, 0.25) is 0 Å². The minimum Gasteiger partial charge on any atom is -0.481 e. The molecule has 2 aromatic rings. The van der Waals surface area contributed by atoms with Crippen LogP contribution in [-0.2, 0) is 11.2 Å². The van der Waals surface area contributed by atoms with E-state index in [0.29, 0.717) is 6.42 Å². The fraction of sp³-hybridized carbons (Fsp3) is 0.133. The van der Waals surface area contributed by atoms with Gasteiger partial charge in [0.1, 0.15) is 5.82 Å². The van der Waals surface area contributed by atoms with Gasteiger partial charge in [-0.15, -0.1) is 0 Å². The predicted octanol–water partition coefficient (Wildman–Crippen LogP) is 3.24. The van der Waals surface area contributed by atoms with Crippen LogP contribution in [0.15, 0.2) is 54.6 Å². The highest BCUT2D eigenvalue weighted by molar-refractivity contribution is 5.76. The zero-order chi connectivity index (χ0) is 13.0. The lowest BCUT2D eigenvalue weighted by molar-refractivity contribution is -0.138. The summed E-state index contributed by atoms with van der Waals surface area (Å²) in [6, 6.07) is 15.0. The van der Waals surface area contributed by atoms with E-state index >= 15 is 0 Å². The van der Waals surface area contributed by atoms with Crippen LogP contribution in [0.3, 0.4) is 0 Å². The van der Waals surface area contributed by atoms with Crippen LogP contribution in [0, 0.1) is 5.82 Å². The summed E-state index contributed by atoms with van der Waals surface area (Å²) in [5.74, 6) is -1.78. The van der Waals surface area contributed by atoms with Crippen LogP contribution in [0.4, 0.5) is 4.39 Å². The fourth-order valence-corrected chi connectivity index (χ4v) is 1.89. The Kier molecular flexibility index (Phi) is 3.72. The Bertz CT molecular complexity index is 520. The zero-order valence-electron chi connectivity index (χ0n) is 9.71. The van der Waals surface area contributed by atoms with Crippen LogP contribution in [0.2, 0.25) is 0 Å². The van der Waals surface area contributed by atoms with Gasteiger partial charge in [0.15, 0.2) is 0 Å². The van der Waals surface area contributed by atoms with Gasteiger partial charge >= 0.3 is 5.97 Å². The first-order chi connectivity index (χ1) is 8.66. The number of carbonyl (C=O) groups is 1. The second-order valence-corrected chi connectivity index (χ2v) is 4.13. The molecule has 0 bridgehead atoms. The van der Waals surface area contributed by atoms with Crippen molar-refractivity contribution in [3.8, 4) is 0 Å². The maximum absolute atomic E-state index is 12.8. The average molecular weight is 244 g/mol. The highest BCUT2D eigenvalue weighted by atomic mass is 19.1. The summed E-state index contributed by atoms with van der Waals surface area (Å²) < 4.78 is 12.8. The van der Waals surface area contributed by atoms with E-state index in [2.05, 4.69) is 0 Å². The Morgan fingerprint density at radius 2 is 1.67 bits per heavy atom. The molecule has 2 rings (SSSR count). The number of halogens is 1. The van der Waals surface area contributed by atoms with E-state index in [1.54, 1.807) is 24.3 Å². The van der Waals surface area contributed by atoms with Crippen molar-refractivity contribution in [3.63, 3.8) is 0 Å². The number of benzene rings is 2. The van der Waals surface area contributed by atoms with Crippen LogP contribution < -0.4 is 0 Å². The molecule has 0 aliphatic rings. The van der Waals surface area contributed by atoms with Crippen molar-refractivity contribution in [2.75, 3.05) is 0 Å². The Morgan fingerprint density at radius 1 is 1.06 bits per heavy atom. The van der Waals surface area contributed by atoms with Crippen molar-refractivity contribution in [1.29, 1.82) is 0 Å². The van der Waals surface area contributed by atoms with Gasteiger partial charge < -0.3 is 5.11 Å². The highest BCUT2D eigenvalue weighted by Gasteiger charge is 2.19. The molecular formula is C15H13FO2. The third kappa shape index (κ3) is 2.94. The molecule has 0 unspecified atom stereocenters. The molecule has 0 heterocycles. The van der Waals surface area contributed by atoms with Crippen molar-refractivity contribution < 1.29 is 14.3 Å². The molecule has 1 N–H and O–H groups in total. The molecule has 0 aromatic heterocycles. The summed E-state index contributed by atoms with van der Waals surface area (Å²) in [4.78, 5) is 11.3. The normalized spacial score (nSPS) is 12.1. The minimum atomic E-state index is -0.870. The van der Waals surface area contributed by atoms with E-state index < -0.39 is 11.9 Å².